The van der Waals surface area contributed by atoms with E-state index < -0.39 is 0 Å². The van der Waals surface area contributed by atoms with E-state index in [1.807, 2.05) is 6.92 Å². The topological polar surface area (TPSA) is 66.6 Å². The molecule has 0 bridgehead atoms. The smallest absolute Gasteiger partial charge is 0.257 e. The van der Waals surface area contributed by atoms with Gasteiger partial charge in [-0.25, -0.2) is 4.39 Å². The Morgan fingerprint density at radius 2 is 1.96 bits per heavy atom. The Hall–Kier alpha value is -2.40. The van der Waals surface area contributed by atoms with Crippen molar-refractivity contribution in [3.05, 3.63) is 65.0 Å². The van der Waals surface area contributed by atoms with Crippen LogP contribution in [0.3, 0.4) is 0 Å². The minimum Gasteiger partial charge on any atom is -0.507 e. The Kier molecular flexibility index (Phi) is 4.53. The third-order valence-corrected chi connectivity index (χ3v) is 4.63. The molecule has 1 aliphatic heterocycles. The molecule has 0 radical (unpaired) electrons. The molecule has 4 nitrogen and oxygen atoms in total. The second-order valence-corrected chi connectivity index (χ2v) is 6.38. The molecule has 3 N–H and O–H groups in total. The number of nitrogens with two attached hydrogens (primary N) is 1. The van der Waals surface area contributed by atoms with Crippen molar-refractivity contribution in [3.63, 3.8) is 0 Å². The largest absolute Gasteiger partial charge is 0.507 e. The lowest BCUT2D eigenvalue weighted by Crippen LogP contribution is -2.49. The molecular weight excluding hydrogens is 307 g/mol. The molecule has 2 aromatic rings. The molecular formula is C19H21FN2O2. The maximum atomic E-state index is 13.1. The zero-order valence-electron chi connectivity index (χ0n) is 13.6. The van der Waals surface area contributed by atoms with Gasteiger partial charge in [-0.3, -0.25) is 4.79 Å². The average molecular weight is 328 g/mol. The standard InChI is InChI=1S/C19H21FN2O2/c1-12-2-7-18(23)16(10-12)19(24)22-9-8-15(17(21)11-22)13-3-5-14(20)6-4-13/h2-7,10,15,17,23H,8-9,11,21H2,1H3/t15-,17-/m1/s1. The molecule has 1 heterocycles. The van der Waals surface area contributed by atoms with E-state index in [1.54, 1.807) is 29.2 Å². The number of aromatic hydroxyl groups is 1. The summed E-state index contributed by atoms with van der Waals surface area (Å²) in [5.74, 6) is -0.389. The average Bonchev–Trinajstić information content (AvgIpc) is 2.57. The van der Waals surface area contributed by atoms with Crippen LogP contribution in [0.5, 0.6) is 5.75 Å². The van der Waals surface area contributed by atoms with Crippen molar-refractivity contribution in [1.82, 2.24) is 4.90 Å². The Balaban J connectivity index is 1.74. The van der Waals surface area contributed by atoms with Gasteiger partial charge >= 0.3 is 0 Å². The van der Waals surface area contributed by atoms with Gasteiger partial charge in [0.15, 0.2) is 0 Å². The van der Waals surface area contributed by atoms with Crippen LogP contribution in [0.2, 0.25) is 0 Å². The second-order valence-electron chi connectivity index (χ2n) is 6.38. The van der Waals surface area contributed by atoms with Gasteiger partial charge < -0.3 is 15.7 Å². The number of piperidine rings is 1. The van der Waals surface area contributed by atoms with Gasteiger partial charge in [-0.15, -0.1) is 0 Å². The summed E-state index contributed by atoms with van der Waals surface area (Å²) in [4.78, 5) is 14.3. The highest BCUT2D eigenvalue weighted by atomic mass is 19.1. The molecule has 0 aliphatic carbocycles. The summed E-state index contributed by atoms with van der Waals surface area (Å²) in [6, 6.07) is 11.1. The molecule has 1 fully saturated rings. The molecule has 1 saturated heterocycles. The molecule has 0 saturated carbocycles. The van der Waals surface area contributed by atoms with Gasteiger partial charge in [0.05, 0.1) is 5.56 Å². The van der Waals surface area contributed by atoms with Crippen LogP contribution in [-0.4, -0.2) is 35.0 Å². The van der Waals surface area contributed by atoms with Gasteiger partial charge in [0.2, 0.25) is 0 Å². The number of nitrogens with zero attached hydrogens (tertiary/aromatic N) is 1. The third kappa shape index (κ3) is 3.26. The first kappa shape index (κ1) is 16.5. The fourth-order valence-corrected chi connectivity index (χ4v) is 3.28. The minimum absolute atomic E-state index is 0.0140. The van der Waals surface area contributed by atoms with E-state index in [1.165, 1.54) is 18.2 Å². The molecule has 1 aliphatic rings. The van der Waals surface area contributed by atoms with E-state index in [2.05, 4.69) is 0 Å². The summed E-state index contributed by atoms with van der Waals surface area (Å²) < 4.78 is 13.1. The van der Waals surface area contributed by atoms with Crippen molar-refractivity contribution in [1.29, 1.82) is 0 Å². The predicted octanol–water partition coefficient (Wildman–Crippen LogP) is 2.80. The Morgan fingerprint density at radius 1 is 1.25 bits per heavy atom. The van der Waals surface area contributed by atoms with E-state index in [4.69, 9.17) is 5.73 Å². The van der Waals surface area contributed by atoms with Crippen molar-refractivity contribution in [2.45, 2.75) is 25.3 Å². The molecule has 0 aromatic heterocycles. The van der Waals surface area contributed by atoms with Crippen LogP contribution in [0.1, 0.15) is 33.8 Å². The zero-order chi connectivity index (χ0) is 17.3. The van der Waals surface area contributed by atoms with Gasteiger partial charge in [-0.2, -0.15) is 0 Å². The summed E-state index contributed by atoms with van der Waals surface area (Å²) in [7, 11) is 0. The van der Waals surface area contributed by atoms with E-state index in [0.717, 1.165) is 11.1 Å². The Bertz CT molecular complexity index is 746. The lowest BCUT2D eigenvalue weighted by atomic mass is 9.85. The number of rotatable bonds is 2. The summed E-state index contributed by atoms with van der Waals surface area (Å²) >= 11 is 0. The number of phenols is 1. The maximum absolute atomic E-state index is 13.1. The summed E-state index contributed by atoms with van der Waals surface area (Å²) in [5.41, 5.74) is 8.49. The molecule has 5 heteroatoms. The van der Waals surface area contributed by atoms with E-state index in [9.17, 15) is 14.3 Å². The number of phenolic OH excluding ortho intramolecular Hbond substituents is 1. The number of likely N-dealkylation sites (tertiary alicyclic amines) is 1. The highest BCUT2D eigenvalue weighted by molar-refractivity contribution is 5.97. The molecule has 24 heavy (non-hydrogen) atoms. The number of carbonyl (C=O) groups is 1. The Morgan fingerprint density at radius 3 is 2.62 bits per heavy atom. The number of halogens is 1. The first-order valence-corrected chi connectivity index (χ1v) is 8.05. The fourth-order valence-electron chi connectivity index (χ4n) is 3.28. The molecule has 3 rings (SSSR count). The van der Waals surface area contributed by atoms with Crippen LogP contribution in [0.25, 0.3) is 0 Å². The molecule has 126 valence electrons. The van der Waals surface area contributed by atoms with Crippen molar-refractivity contribution in [3.8, 4) is 5.75 Å². The van der Waals surface area contributed by atoms with Crippen LogP contribution >= 0.6 is 0 Å². The molecule has 2 aromatic carbocycles. The number of hydrogen-bond acceptors (Lipinski definition) is 3. The lowest BCUT2D eigenvalue weighted by Gasteiger charge is -2.37. The highest BCUT2D eigenvalue weighted by Gasteiger charge is 2.31. The van der Waals surface area contributed by atoms with Crippen LogP contribution in [0.15, 0.2) is 42.5 Å². The number of carbonyl (C=O) groups excluding carboxylic acids is 1. The van der Waals surface area contributed by atoms with Crippen molar-refractivity contribution in [2.75, 3.05) is 13.1 Å². The van der Waals surface area contributed by atoms with Crippen LogP contribution < -0.4 is 5.73 Å². The highest BCUT2D eigenvalue weighted by Crippen LogP contribution is 2.29. The summed E-state index contributed by atoms with van der Waals surface area (Å²) in [5, 5.41) is 9.94. The van der Waals surface area contributed by atoms with Gasteiger partial charge in [-0.05, 0) is 43.2 Å². The van der Waals surface area contributed by atoms with E-state index in [0.29, 0.717) is 25.1 Å². The molecule has 0 spiro atoms. The number of amides is 1. The zero-order valence-corrected chi connectivity index (χ0v) is 13.6. The number of benzene rings is 2. The quantitative estimate of drug-likeness (QED) is 0.891. The van der Waals surface area contributed by atoms with Crippen molar-refractivity contribution in [2.24, 2.45) is 5.73 Å². The van der Waals surface area contributed by atoms with Crippen molar-refractivity contribution < 1.29 is 14.3 Å². The number of hydrogen-bond donors (Lipinski definition) is 2. The van der Waals surface area contributed by atoms with Gasteiger partial charge in [0, 0.05) is 25.0 Å². The second kappa shape index (κ2) is 6.61. The van der Waals surface area contributed by atoms with Crippen LogP contribution in [0.4, 0.5) is 4.39 Å². The summed E-state index contributed by atoms with van der Waals surface area (Å²) in [6.07, 6.45) is 0.713. The van der Waals surface area contributed by atoms with Gasteiger partial charge in [0.1, 0.15) is 11.6 Å². The Labute approximate surface area is 140 Å². The predicted molar refractivity (Wildman–Crippen MR) is 90.5 cm³/mol. The first-order chi connectivity index (χ1) is 11.5. The SMILES string of the molecule is Cc1ccc(O)c(C(=O)N2CC[C@H](c3ccc(F)cc3)[C@H](N)C2)c1. The molecule has 1 amide bonds. The monoisotopic (exact) mass is 328 g/mol. The van der Waals surface area contributed by atoms with Gasteiger partial charge in [-0.1, -0.05) is 23.8 Å². The maximum Gasteiger partial charge on any atom is 0.257 e. The van der Waals surface area contributed by atoms with E-state index in [-0.39, 0.29) is 29.4 Å². The minimum atomic E-state index is -0.269. The first-order valence-electron chi connectivity index (χ1n) is 8.05. The van der Waals surface area contributed by atoms with Crippen LogP contribution in [-0.2, 0) is 0 Å². The van der Waals surface area contributed by atoms with Gasteiger partial charge in [0.25, 0.3) is 5.91 Å². The van der Waals surface area contributed by atoms with Crippen molar-refractivity contribution >= 4 is 5.91 Å². The normalized spacial score (nSPS) is 20.9. The number of aryl methyl sites for hydroxylation is 1. The van der Waals surface area contributed by atoms with Crippen LogP contribution in [0, 0.1) is 12.7 Å². The lowest BCUT2D eigenvalue weighted by molar-refractivity contribution is 0.0690. The fraction of sp³-hybridized carbons (Fsp3) is 0.316. The van der Waals surface area contributed by atoms with E-state index >= 15 is 0 Å². The summed E-state index contributed by atoms with van der Waals surface area (Å²) in [6.45, 7) is 2.85. The molecule has 0 unspecified atom stereocenters. The molecule has 2 atom stereocenters. The third-order valence-electron chi connectivity index (χ3n) is 4.63.